The molecule has 0 aliphatic rings. The first-order valence-corrected chi connectivity index (χ1v) is 5.02. The smallest absolute Gasteiger partial charge is 0.121 e. The lowest BCUT2D eigenvalue weighted by atomic mass is 10.1. The third kappa shape index (κ3) is 3.06. The van der Waals surface area contributed by atoms with Crippen molar-refractivity contribution >= 4 is 6.08 Å². The van der Waals surface area contributed by atoms with E-state index in [4.69, 9.17) is 10.2 Å². The molecule has 2 unspecified atom stereocenters. The van der Waals surface area contributed by atoms with Crippen LogP contribution in [0.5, 0.6) is 5.75 Å². The largest absolute Gasteiger partial charge is 0.508 e. The first-order chi connectivity index (χ1) is 7.56. The Bertz CT molecular complexity index is 371. The average molecular weight is 224 g/mol. The standard InChI is InChI=1S/C12H16O4/c1-8(14)11(15)6-5-9-3-2-4-12(16)10(9)7-13/h2-6,8,11,13-16H,7H2,1H3. The zero-order valence-corrected chi connectivity index (χ0v) is 9.04. The number of rotatable bonds is 4. The quantitative estimate of drug-likeness (QED) is 0.605. The average Bonchev–Trinajstić information content (AvgIpc) is 2.25. The molecular weight excluding hydrogens is 208 g/mol. The SMILES string of the molecule is CC(O)C(O)C=Cc1cccc(O)c1CO. The third-order valence-corrected chi connectivity index (χ3v) is 2.31. The van der Waals surface area contributed by atoms with E-state index in [1.54, 1.807) is 18.2 Å². The summed E-state index contributed by atoms with van der Waals surface area (Å²) in [5, 5.41) is 37.0. The lowest BCUT2D eigenvalue weighted by Crippen LogP contribution is -2.19. The minimum atomic E-state index is -0.964. The number of aliphatic hydroxyl groups is 3. The molecular formula is C12H16O4. The fourth-order valence-corrected chi connectivity index (χ4v) is 1.28. The Hall–Kier alpha value is -1.36. The lowest BCUT2D eigenvalue weighted by molar-refractivity contribution is 0.0624. The van der Waals surface area contributed by atoms with Gasteiger partial charge in [-0.1, -0.05) is 24.3 Å². The normalized spacial score (nSPS) is 15.2. The van der Waals surface area contributed by atoms with Crippen molar-refractivity contribution in [3.8, 4) is 5.75 Å². The predicted molar refractivity (Wildman–Crippen MR) is 60.8 cm³/mol. The van der Waals surface area contributed by atoms with Crippen molar-refractivity contribution in [2.45, 2.75) is 25.7 Å². The van der Waals surface area contributed by atoms with Gasteiger partial charge in [-0.25, -0.2) is 0 Å². The zero-order chi connectivity index (χ0) is 12.1. The van der Waals surface area contributed by atoms with Crippen LogP contribution >= 0.6 is 0 Å². The molecule has 16 heavy (non-hydrogen) atoms. The Morgan fingerprint density at radius 1 is 1.31 bits per heavy atom. The summed E-state index contributed by atoms with van der Waals surface area (Å²) < 4.78 is 0. The number of hydrogen-bond acceptors (Lipinski definition) is 4. The molecule has 0 aromatic heterocycles. The minimum Gasteiger partial charge on any atom is -0.508 e. The van der Waals surface area contributed by atoms with Crippen LogP contribution < -0.4 is 0 Å². The van der Waals surface area contributed by atoms with Gasteiger partial charge in [-0.2, -0.15) is 0 Å². The van der Waals surface area contributed by atoms with Crippen LogP contribution in [-0.2, 0) is 6.61 Å². The van der Waals surface area contributed by atoms with Crippen LogP contribution in [0.4, 0.5) is 0 Å². The lowest BCUT2D eigenvalue weighted by Gasteiger charge is -2.09. The van der Waals surface area contributed by atoms with Crippen LogP contribution in [0.1, 0.15) is 18.1 Å². The maximum absolute atomic E-state index is 9.46. The Morgan fingerprint density at radius 2 is 2.00 bits per heavy atom. The molecule has 0 saturated heterocycles. The highest BCUT2D eigenvalue weighted by Crippen LogP contribution is 2.22. The molecule has 4 N–H and O–H groups in total. The van der Waals surface area contributed by atoms with Crippen LogP contribution in [0, 0.1) is 0 Å². The van der Waals surface area contributed by atoms with E-state index in [9.17, 15) is 10.2 Å². The first kappa shape index (κ1) is 12.7. The third-order valence-electron chi connectivity index (χ3n) is 2.31. The van der Waals surface area contributed by atoms with Gasteiger partial charge in [-0.15, -0.1) is 0 Å². The van der Waals surface area contributed by atoms with Crippen LogP contribution in [0.25, 0.3) is 6.08 Å². The second-order valence-corrected chi connectivity index (χ2v) is 3.59. The molecule has 2 atom stereocenters. The number of phenols is 1. The molecule has 4 nitrogen and oxygen atoms in total. The Kier molecular flexibility index (Phi) is 4.49. The maximum atomic E-state index is 9.46. The molecule has 0 aliphatic carbocycles. The van der Waals surface area contributed by atoms with Gasteiger partial charge in [-0.05, 0) is 18.6 Å². The molecule has 0 fully saturated rings. The van der Waals surface area contributed by atoms with Gasteiger partial charge >= 0.3 is 0 Å². The van der Waals surface area contributed by atoms with Crippen LogP contribution in [0.15, 0.2) is 24.3 Å². The van der Waals surface area contributed by atoms with Gasteiger partial charge in [-0.3, -0.25) is 0 Å². The second-order valence-electron chi connectivity index (χ2n) is 3.59. The van der Waals surface area contributed by atoms with E-state index in [1.807, 2.05) is 0 Å². The van der Waals surface area contributed by atoms with Crippen LogP contribution in [0.3, 0.4) is 0 Å². The van der Waals surface area contributed by atoms with Gasteiger partial charge in [0.25, 0.3) is 0 Å². The molecule has 0 spiro atoms. The monoisotopic (exact) mass is 224 g/mol. The van der Waals surface area contributed by atoms with Crippen molar-refractivity contribution in [2.24, 2.45) is 0 Å². The summed E-state index contributed by atoms with van der Waals surface area (Å²) in [6, 6.07) is 4.83. The van der Waals surface area contributed by atoms with Gasteiger partial charge in [0.05, 0.1) is 18.8 Å². The fraction of sp³-hybridized carbons (Fsp3) is 0.333. The molecule has 0 aliphatic heterocycles. The van der Waals surface area contributed by atoms with E-state index >= 15 is 0 Å². The highest BCUT2D eigenvalue weighted by atomic mass is 16.3. The number of aliphatic hydroxyl groups excluding tert-OH is 3. The van der Waals surface area contributed by atoms with Crippen LogP contribution in [-0.4, -0.2) is 32.6 Å². The summed E-state index contributed by atoms with van der Waals surface area (Å²) in [7, 11) is 0. The van der Waals surface area contributed by atoms with E-state index < -0.39 is 12.2 Å². The number of benzene rings is 1. The van der Waals surface area contributed by atoms with Crippen molar-refractivity contribution in [2.75, 3.05) is 0 Å². The molecule has 1 aromatic carbocycles. The fourth-order valence-electron chi connectivity index (χ4n) is 1.28. The summed E-state index contributed by atoms with van der Waals surface area (Å²) in [5.74, 6) is 0.0104. The van der Waals surface area contributed by atoms with E-state index in [0.29, 0.717) is 11.1 Å². The Labute approximate surface area is 94.1 Å². The molecule has 1 rings (SSSR count). The Morgan fingerprint density at radius 3 is 2.56 bits per heavy atom. The molecule has 1 aromatic rings. The second kappa shape index (κ2) is 5.65. The maximum Gasteiger partial charge on any atom is 0.121 e. The zero-order valence-electron chi connectivity index (χ0n) is 9.04. The summed E-state index contributed by atoms with van der Waals surface area (Å²) in [6.07, 6.45) is 1.15. The summed E-state index contributed by atoms with van der Waals surface area (Å²) in [4.78, 5) is 0. The predicted octanol–water partition coefficient (Wildman–Crippen LogP) is 0.639. The van der Waals surface area contributed by atoms with Gasteiger partial charge in [0.2, 0.25) is 0 Å². The van der Waals surface area contributed by atoms with Gasteiger partial charge in [0, 0.05) is 5.56 Å². The van der Waals surface area contributed by atoms with Crippen molar-refractivity contribution in [3.63, 3.8) is 0 Å². The molecule has 0 saturated carbocycles. The topological polar surface area (TPSA) is 80.9 Å². The highest BCUT2D eigenvalue weighted by molar-refractivity contribution is 5.57. The minimum absolute atomic E-state index is 0.0104. The Balaban J connectivity index is 2.93. The molecule has 4 heteroatoms. The van der Waals surface area contributed by atoms with Gasteiger partial charge in [0.1, 0.15) is 5.75 Å². The summed E-state index contributed by atoms with van der Waals surface area (Å²) in [5.41, 5.74) is 1.01. The van der Waals surface area contributed by atoms with Crippen LogP contribution in [0.2, 0.25) is 0 Å². The van der Waals surface area contributed by atoms with E-state index in [2.05, 4.69) is 0 Å². The molecule has 88 valence electrons. The molecule has 0 heterocycles. The number of aromatic hydroxyl groups is 1. The molecule has 0 radical (unpaired) electrons. The van der Waals surface area contributed by atoms with Crippen molar-refractivity contribution in [1.29, 1.82) is 0 Å². The first-order valence-electron chi connectivity index (χ1n) is 5.02. The number of hydrogen-bond donors (Lipinski definition) is 4. The van der Waals surface area contributed by atoms with Crippen molar-refractivity contribution in [1.82, 2.24) is 0 Å². The van der Waals surface area contributed by atoms with Gasteiger partial charge in [0.15, 0.2) is 0 Å². The van der Waals surface area contributed by atoms with Crippen molar-refractivity contribution in [3.05, 3.63) is 35.4 Å². The molecule has 0 amide bonds. The summed E-state index contributed by atoms with van der Waals surface area (Å²) in [6.45, 7) is 1.20. The van der Waals surface area contributed by atoms with Gasteiger partial charge < -0.3 is 20.4 Å². The van der Waals surface area contributed by atoms with E-state index in [-0.39, 0.29) is 12.4 Å². The summed E-state index contributed by atoms with van der Waals surface area (Å²) >= 11 is 0. The molecule has 0 bridgehead atoms. The van der Waals surface area contributed by atoms with Crippen molar-refractivity contribution < 1.29 is 20.4 Å². The highest BCUT2D eigenvalue weighted by Gasteiger charge is 2.07. The van der Waals surface area contributed by atoms with E-state index in [1.165, 1.54) is 19.1 Å². The van der Waals surface area contributed by atoms with E-state index in [0.717, 1.165) is 0 Å².